The monoisotopic (exact) mass is 481 g/mol. The molecule has 2 amide bonds. The molecule has 1 N–H and O–H groups in total. The van der Waals surface area contributed by atoms with Crippen LogP contribution in [0.1, 0.15) is 31.8 Å². The minimum absolute atomic E-state index is 0.00272. The van der Waals surface area contributed by atoms with Crippen molar-refractivity contribution in [2.45, 2.75) is 13.8 Å². The topological polar surface area (TPSA) is 96.2 Å². The van der Waals surface area contributed by atoms with Crippen LogP contribution in [0, 0.1) is 13.8 Å². The Kier molecular flexibility index (Phi) is 6.44. The Morgan fingerprint density at radius 3 is 2.33 bits per heavy atom. The highest BCUT2D eigenvalue weighted by Gasteiger charge is 2.23. The molecule has 1 aliphatic rings. The standard InChI is InChI=1S/C27H27N7O2/c1-19-4-9-24(20(2)16-19)25(35)31-22-17-30-34(18-22)23-7-5-21(6-8-23)26(36)32-12-14-33(15-13-32)27-28-10-3-11-29-27/h3-11,16-18H,12-15H2,1-2H3,(H,31,35). The number of amides is 2. The van der Waals surface area contributed by atoms with Crippen molar-refractivity contribution in [3.63, 3.8) is 0 Å². The van der Waals surface area contributed by atoms with E-state index in [0.717, 1.165) is 16.8 Å². The van der Waals surface area contributed by atoms with Crippen LogP contribution < -0.4 is 10.2 Å². The summed E-state index contributed by atoms with van der Waals surface area (Å²) < 4.78 is 1.67. The normalized spacial score (nSPS) is 13.5. The van der Waals surface area contributed by atoms with Crippen molar-refractivity contribution in [3.8, 4) is 5.69 Å². The summed E-state index contributed by atoms with van der Waals surface area (Å²) in [6, 6.07) is 14.8. The molecule has 2 aromatic carbocycles. The molecule has 0 saturated carbocycles. The number of aromatic nitrogens is 4. The third kappa shape index (κ3) is 4.95. The molecule has 36 heavy (non-hydrogen) atoms. The van der Waals surface area contributed by atoms with E-state index in [2.05, 4.69) is 25.3 Å². The lowest BCUT2D eigenvalue weighted by Gasteiger charge is -2.34. The second kappa shape index (κ2) is 9.99. The molecule has 0 bridgehead atoms. The van der Waals surface area contributed by atoms with E-state index < -0.39 is 0 Å². The summed E-state index contributed by atoms with van der Waals surface area (Å²) in [7, 11) is 0. The fourth-order valence-corrected chi connectivity index (χ4v) is 4.30. The van der Waals surface area contributed by atoms with Crippen molar-refractivity contribution < 1.29 is 9.59 Å². The van der Waals surface area contributed by atoms with E-state index in [9.17, 15) is 9.59 Å². The lowest BCUT2D eigenvalue weighted by Crippen LogP contribution is -2.49. The number of aryl methyl sites for hydroxylation is 2. The molecule has 3 heterocycles. The molecule has 1 aliphatic heterocycles. The van der Waals surface area contributed by atoms with E-state index in [0.29, 0.717) is 48.9 Å². The van der Waals surface area contributed by atoms with Crippen molar-refractivity contribution in [1.82, 2.24) is 24.6 Å². The van der Waals surface area contributed by atoms with E-state index >= 15 is 0 Å². The molecule has 0 aliphatic carbocycles. The number of piperazine rings is 1. The summed E-state index contributed by atoms with van der Waals surface area (Å²) in [4.78, 5) is 38.2. The van der Waals surface area contributed by atoms with Gasteiger partial charge in [0.2, 0.25) is 5.95 Å². The number of carbonyl (C=O) groups is 2. The highest BCUT2D eigenvalue weighted by Crippen LogP contribution is 2.18. The highest BCUT2D eigenvalue weighted by atomic mass is 16.2. The van der Waals surface area contributed by atoms with Gasteiger partial charge in [-0.15, -0.1) is 0 Å². The lowest BCUT2D eigenvalue weighted by atomic mass is 10.1. The summed E-state index contributed by atoms with van der Waals surface area (Å²) in [6.45, 7) is 6.53. The van der Waals surface area contributed by atoms with Gasteiger partial charge in [0.1, 0.15) is 0 Å². The Labute approximate surface area is 209 Å². The predicted molar refractivity (Wildman–Crippen MR) is 138 cm³/mol. The first-order valence-corrected chi connectivity index (χ1v) is 11.8. The Bertz CT molecular complexity index is 1380. The summed E-state index contributed by atoms with van der Waals surface area (Å²) >= 11 is 0. The summed E-state index contributed by atoms with van der Waals surface area (Å²) in [5.41, 5.74) is 4.69. The molecule has 5 rings (SSSR count). The zero-order valence-corrected chi connectivity index (χ0v) is 20.3. The van der Waals surface area contributed by atoms with E-state index in [1.165, 1.54) is 0 Å². The van der Waals surface area contributed by atoms with Gasteiger partial charge in [-0.1, -0.05) is 17.7 Å². The van der Waals surface area contributed by atoms with E-state index in [-0.39, 0.29) is 11.8 Å². The number of carbonyl (C=O) groups excluding carboxylic acids is 2. The van der Waals surface area contributed by atoms with E-state index in [1.807, 2.05) is 49.1 Å². The molecule has 2 aromatic heterocycles. The third-order valence-electron chi connectivity index (χ3n) is 6.25. The molecule has 4 aromatic rings. The van der Waals surface area contributed by atoms with Crippen LogP contribution in [0.4, 0.5) is 11.6 Å². The van der Waals surface area contributed by atoms with E-state index in [1.54, 1.807) is 47.7 Å². The van der Waals surface area contributed by atoms with Gasteiger partial charge in [-0.2, -0.15) is 5.10 Å². The van der Waals surface area contributed by atoms with Crippen LogP contribution in [0.2, 0.25) is 0 Å². The SMILES string of the molecule is Cc1ccc(C(=O)Nc2cnn(-c3ccc(C(=O)N4CCN(c5ncccn5)CC4)cc3)c2)c(C)c1. The van der Waals surface area contributed by atoms with Gasteiger partial charge in [-0.25, -0.2) is 14.6 Å². The molecule has 0 radical (unpaired) electrons. The molecule has 1 saturated heterocycles. The maximum atomic E-state index is 13.0. The van der Waals surface area contributed by atoms with Crippen LogP contribution in [0.5, 0.6) is 0 Å². The molecule has 9 nitrogen and oxygen atoms in total. The minimum Gasteiger partial charge on any atom is -0.337 e. The van der Waals surface area contributed by atoms with Crippen molar-refractivity contribution >= 4 is 23.5 Å². The predicted octanol–water partition coefficient (Wildman–Crippen LogP) is 3.49. The fourth-order valence-electron chi connectivity index (χ4n) is 4.30. The molecular weight excluding hydrogens is 454 g/mol. The van der Waals surface area contributed by atoms with Crippen LogP contribution in [0.15, 0.2) is 73.3 Å². The fraction of sp³-hybridized carbons (Fsp3) is 0.222. The average Bonchev–Trinajstić information content (AvgIpc) is 3.37. The Hall–Kier alpha value is -4.53. The Balaban J connectivity index is 1.20. The second-order valence-corrected chi connectivity index (χ2v) is 8.82. The van der Waals surface area contributed by atoms with E-state index in [4.69, 9.17) is 0 Å². The van der Waals surface area contributed by atoms with Gasteiger partial charge < -0.3 is 15.1 Å². The number of rotatable bonds is 5. The maximum Gasteiger partial charge on any atom is 0.256 e. The van der Waals surface area contributed by atoms with Crippen molar-refractivity contribution in [2.75, 3.05) is 36.4 Å². The minimum atomic E-state index is -0.174. The van der Waals surface area contributed by atoms with Crippen molar-refractivity contribution in [3.05, 3.63) is 95.6 Å². The van der Waals surface area contributed by atoms with Crippen LogP contribution in [-0.2, 0) is 0 Å². The van der Waals surface area contributed by atoms with Gasteiger partial charge >= 0.3 is 0 Å². The molecule has 182 valence electrons. The van der Waals surface area contributed by atoms with Gasteiger partial charge in [0.25, 0.3) is 11.8 Å². The van der Waals surface area contributed by atoms with Crippen molar-refractivity contribution in [2.24, 2.45) is 0 Å². The van der Waals surface area contributed by atoms with Crippen LogP contribution in [0.25, 0.3) is 5.69 Å². The highest BCUT2D eigenvalue weighted by molar-refractivity contribution is 6.05. The van der Waals surface area contributed by atoms with Gasteiger partial charge in [-0.3, -0.25) is 9.59 Å². The first-order chi connectivity index (χ1) is 17.5. The molecule has 1 fully saturated rings. The Morgan fingerprint density at radius 1 is 0.917 bits per heavy atom. The summed E-state index contributed by atoms with van der Waals surface area (Å²) in [5.74, 6) is 0.515. The third-order valence-corrected chi connectivity index (χ3v) is 6.25. The van der Waals surface area contributed by atoms with Gasteiger partial charge in [0.05, 0.1) is 23.8 Å². The Morgan fingerprint density at radius 2 is 1.64 bits per heavy atom. The smallest absolute Gasteiger partial charge is 0.256 e. The molecule has 9 heteroatoms. The number of anilines is 2. The lowest BCUT2D eigenvalue weighted by molar-refractivity contribution is 0.0746. The number of hydrogen-bond acceptors (Lipinski definition) is 6. The van der Waals surface area contributed by atoms with Crippen LogP contribution in [0.3, 0.4) is 0 Å². The zero-order chi connectivity index (χ0) is 25.1. The molecule has 0 unspecified atom stereocenters. The zero-order valence-electron chi connectivity index (χ0n) is 20.3. The van der Waals surface area contributed by atoms with Crippen molar-refractivity contribution in [1.29, 1.82) is 0 Å². The molecular formula is C27H27N7O2. The summed E-state index contributed by atoms with van der Waals surface area (Å²) in [6.07, 6.45) is 6.81. The number of nitrogens with zero attached hydrogens (tertiary/aromatic N) is 6. The number of benzene rings is 2. The number of hydrogen-bond donors (Lipinski definition) is 1. The molecule has 0 atom stereocenters. The summed E-state index contributed by atoms with van der Waals surface area (Å²) in [5, 5.41) is 7.26. The number of nitrogens with one attached hydrogen (secondary N) is 1. The van der Waals surface area contributed by atoms with Crippen LogP contribution in [-0.4, -0.2) is 62.6 Å². The van der Waals surface area contributed by atoms with Gasteiger partial charge in [0.15, 0.2) is 0 Å². The molecule has 0 spiro atoms. The van der Waals surface area contributed by atoms with Gasteiger partial charge in [-0.05, 0) is 55.8 Å². The first-order valence-electron chi connectivity index (χ1n) is 11.8. The first kappa shape index (κ1) is 23.2. The van der Waals surface area contributed by atoms with Crippen LogP contribution >= 0.6 is 0 Å². The second-order valence-electron chi connectivity index (χ2n) is 8.82. The maximum absolute atomic E-state index is 13.0. The largest absolute Gasteiger partial charge is 0.337 e. The van der Waals surface area contributed by atoms with Gasteiger partial charge in [0, 0.05) is 49.7 Å². The average molecular weight is 482 g/mol. The quantitative estimate of drug-likeness (QED) is 0.469.